The first-order valence-corrected chi connectivity index (χ1v) is 4.81. The highest BCUT2D eigenvalue weighted by Gasteiger charge is 2.05. The van der Waals surface area contributed by atoms with Crippen LogP contribution >= 0.6 is 0 Å². The quantitative estimate of drug-likeness (QED) is 0.485. The van der Waals surface area contributed by atoms with Gasteiger partial charge in [-0.2, -0.15) is 0 Å². The van der Waals surface area contributed by atoms with Crippen LogP contribution in [-0.4, -0.2) is 13.0 Å². The van der Waals surface area contributed by atoms with Crippen LogP contribution in [0.5, 0.6) is 0 Å². The van der Waals surface area contributed by atoms with Gasteiger partial charge in [0.05, 0.1) is 7.11 Å². The molecule has 0 saturated carbocycles. The number of hydrogen-bond donors (Lipinski definition) is 0. The molecule has 13 heavy (non-hydrogen) atoms. The van der Waals surface area contributed by atoms with Crippen LogP contribution in [-0.2, 0) is 4.74 Å². The zero-order valence-electron chi connectivity index (χ0n) is 9.64. The van der Waals surface area contributed by atoms with Crippen molar-refractivity contribution in [3.05, 3.63) is 11.3 Å². The fourth-order valence-electron chi connectivity index (χ4n) is 1.09. The lowest BCUT2D eigenvalue weighted by molar-refractivity contribution is 0.374. The molecule has 76 valence electrons. The average Bonchev–Trinajstić information content (AvgIpc) is 2.05. The van der Waals surface area contributed by atoms with Crippen molar-refractivity contribution in [2.75, 3.05) is 7.11 Å². The molecule has 0 aliphatic carbocycles. The van der Waals surface area contributed by atoms with Gasteiger partial charge in [-0.3, -0.25) is 0 Å². The number of rotatable bonds is 3. The van der Waals surface area contributed by atoms with Gasteiger partial charge < -0.3 is 4.74 Å². The summed E-state index contributed by atoms with van der Waals surface area (Å²) in [5.41, 5.74) is 2.39. The Morgan fingerprint density at radius 2 is 1.85 bits per heavy atom. The van der Waals surface area contributed by atoms with Crippen molar-refractivity contribution >= 4 is 5.90 Å². The van der Waals surface area contributed by atoms with Crippen molar-refractivity contribution < 1.29 is 4.74 Å². The summed E-state index contributed by atoms with van der Waals surface area (Å²) in [4.78, 5) is 4.49. The van der Waals surface area contributed by atoms with Gasteiger partial charge in [0.15, 0.2) is 5.90 Å². The third-order valence-electron chi connectivity index (χ3n) is 1.86. The van der Waals surface area contributed by atoms with Crippen molar-refractivity contribution in [2.24, 2.45) is 10.9 Å². The fourth-order valence-corrected chi connectivity index (χ4v) is 1.09. The van der Waals surface area contributed by atoms with Crippen molar-refractivity contribution in [1.29, 1.82) is 0 Å². The molecule has 0 bridgehead atoms. The second-order valence-corrected chi connectivity index (χ2v) is 3.61. The van der Waals surface area contributed by atoms with E-state index < -0.39 is 0 Å². The molecule has 0 unspecified atom stereocenters. The Kier molecular flexibility index (Phi) is 5.44. The molecule has 0 spiro atoms. The zero-order chi connectivity index (χ0) is 10.4. The smallest absolute Gasteiger partial charge is 0.190 e. The summed E-state index contributed by atoms with van der Waals surface area (Å²) >= 11 is 0. The van der Waals surface area contributed by atoms with Crippen LogP contribution < -0.4 is 0 Å². The molecule has 0 atom stereocenters. The van der Waals surface area contributed by atoms with Gasteiger partial charge in [0, 0.05) is 11.6 Å². The summed E-state index contributed by atoms with van der Waals surface area (Å²) in [6.07, 6.45) is 0.960. The van der Waals surface area contributed by atoms with Gasteiger partial charge in [0.1, 0.15) is 0 Å². The normalized spacial score (nSPS) is 11.8. The second kappa shape index (κ2) is 5.79. The minimum atomic E-state index is 0.353. The summed E-state index contributed by atoms with van der Waals surface area (Å²) in [7, 11) is 1.68. The van der Waals surface area contributed by atoms with E-state index in [1.807, 2.05) is 0 Å². The first kappa shape index (κ1) is 12.2. The molecule has 2 nitrogen and oxygen atoms in total. The molecule has 0 aliphatic heterocycles. The van der Waals surface area contributed by atoms with E-state index in [1.54, 1.807) is 7.11 Å². The predicted octanol–water partition coefficient (Wildman–Crippen LogP) is 3.39. The molecule has 0 N–H and O–H groups in total. The first-order valence-electron chi connectivity index (χ1n) is 4.81. The molecule has 0 aromatic rings. The lowest BCUT2D eigenvalue weighted by atomic mass is 10.2. The SMILES string of the molecule is CCC(/N=C(\OC)C(C)C)=C(C)C. The van der Waals surface area contributed by atoms with E-state index in [0.717, 1.165) is 18.0 Å². The van der Waals surface area contributed by atoms with E-state index in [9.17, 15) is 0 Å². The van der Waals surface area contributed by atoms with E-state index in [2.05, 4.69) is 39.6 Å². The molecule has 2 heteroatoms. The number of nitrogens with zero attached hydrogens (tertiary/aromatic N) is 1. The highest BCUT2D eigenvalue weighted by molar-refractivity contribution is 5.79. The molecule has 0 aromatic carbocycles. The lowest BCUT2D eigenvalue weighted by Crippen LogP contribution is -2.10. The van der Waals surface area contributed by atoms with Crippen LogP contribution in [0, 0.1) is 5.92 Å². The van der Waals surface area contributed by atoms with Crippen LogP contribution in [0.15, 0.2) is 16.3 Å². The Morgan fingerprint density at radius 3 is 2.08 bits per heavy atom. The molecule has 0 rings (SSSR count). The molecular weight excluding hydrogens is 162 g/mol. The molecular formula is C11H21NO. The van der Waals surface area contributed by atoms with Crippen molar-refractivity contribution in [3.8, 4) is 0 Å². The fraction of sp³-hybridized carbons (Fsp3) is 0.727. The van der Waals surface area contributed by atoms with Crippen LogP contribution in [0.25, 0.3) is 0 Å². The predicted molar refractivity (Wildman–Crippen MR) is 57.9 cm³/mol. The maximum Gasteiger partial charge on any atom is 0.190 e. The van der Waals surface area contributed by atoms with Crippen molar-refractivity contribution in [3.63, 3.8) is 0 Å². The van der Waals surface area contributed by atoms with Gasteiger partial charge in [-0.25, -0.2) is 4.99 Å². The summed E-state index contributed by atoms with van der Waals surface area (Å²) in [6, 6.07) is 0. The zero-order valence-corrected chi connectivity index (χ0v) is 9.64. The molecule has 0 radical (unpaired) electrons. The number of aliphatic imine (C=N–C) groups is 1. The molecule has 0 aliphatic rings. The van der Waals surface area contributed by atoms with Crippen molar-refractivity contribution in [2.45, 2.75) is 41.0 Å². The number of ether oxygens (including phenoxy) is 1. The van der Waals surface area contributed by atoms with Crippen molar-refractivity contribution in [1.82, 2.24) is 0 Å². The third kappa shape index (κ3) is 4.11. The van der Waals surface area contributed by atoms with E-state index in [-0.39, 0.29) is 0 Å². The number of allylic oxidation sites excluding steroid dienone is 2. The number of methoxy groups -OCH3 is 1. The van der Waals surface area contributed by atoms with Crippen LogP contribution in [0.3, 0.4) is 0 Å². The molecule has 0 amide bonds. The summed E-state index contributed by atoms with van der Waals surface area (Å²) in [5, 5.41) is 0. The van der Waals surface area contributed by atoms with E-state index in [1.165, 1.54) is 5.57 Å². The average molecular weight is 183 g/mol. The molecule has 0 heterocycles. The van der Waals surface area contributed by atoms with Crippen LogP contribution in [0.2, 0.25) is 0 Å². The highest BCUT2D eigenvalue weighted by atomic mass is 16.5. The molecule has 0 saturated heterocycles. The standard InChI is InChI=1S/C11H21NO/c1-7-10(8(2)3)12-11(13-6)9(4)5/h9H,7H2,1-6H3/b12-11-. The lowest BCUT2D eigenvalue weighted by Gasteiger charge is -2.10. The minimum absolute atomic E-state index is 0.353. The minimum Gasteiger partial charge on any atom is -0.484 e. The Hall–Kier alpha value is -0.790. The van der Waals surface area contributed by atoms with Gasteiger partial charge in [-0.1, -0.05) is 26.3 Å². The third-order valence-corrected chi connectivity index (χ3v) is 1.86. The molecule has 0 fully saturated rings. The van der Waals surface area contributed by atoms with Gasteiger partial charge in [0.25, 0.3) is 0 Å². The monoisotopic (exact) mass is 183 g/mol. The van der Waals surface area contributed by atoms with Crippen LogP contribution in [0.4, 0.5) is 0 Å². The second-order valence-electron chi connectivity index (χ2n) is 3.61. The number of hydrogen-bond acceptors (Lipinski definition) is 2. The Bertz CT molecular complexity index is 210. The maximum absolute atomic E-state index is 5.21. The summed E-state index contributed by atoms with van der Waals surface area (Å²) in [5.74, 6) is 1.17. The van der Waals surface area contributed by atoms with Gasteiger partial charge in [-0.15, -0.1) is 0 Å². The van der Waals surface area contributed by atoms with E-state index in [4.69, 9.17) is 4.74 Å². The van der Waals surface area contributed by atoms with Crippen LogP contribution in [0.1, 0.15) is 41.0 Å². The maximum atomic E-state index is 5.21. The summed E-state index contributed by atoms with van der Waals surface area (Å²) in [6.45, 7) is 10.4. The Balaban J connectivity index is 4.77. The Labute approximate surface area is 81.7 Å². The topological polar surface area (TPSA) is 21.6 Å². The van der Waals surface area contributed by atoms with E-state index >= 15 is 0 Å². The highest BCUT2D eigenvalue weighted by Crippen LogP contribution is 2.12. The molecule has 0 aromatic heterocycles. The van der Waals surface area contributed by atoms with E-state index in [0.29, 0.717) is 5.92 Å². The Morgan fingerprint density at radius 1 is 1.31 bits per heavy atom. The summed E-state index contributed by atoms with van der Waals surface area (Å²) < 4.78 is 5.21. The van der Waals surface area contributed by atoms with Gasteiger partial charge >= 0.3 is 0 Å². The first-order chi connectivity index (χ1) is 6.02. The van der Waals surface area contributed by atoms with Gasteiger partial charge in [-0.05, 0) is 20.3 Å². The largest absolute Gasteiger partial charge is 0.484 e. The van der Waals surface area contributed by atoms with Gasteiger partial charge in [0.2, 0.25) is 0 Å².